The second kappa shape index (κ2) is 4.80. The molecular formula is C10H9BrN2O2. The van der Waals surface area contributed by atoms with E-state index in [4.69, 9.17) is 11.5 Å². The number of hydrogen-bond acceptors (Lipinski definition) is 3. The average molecular weight is 269 g/mol. The molecule has 0 atom stereocenters. The zero-order chi connectivity index (χ0) is 11.4. The summed E-state index contributed by atoms with van der Waals surface area (Å²) < 4.78 is 0.623. The van der Waals surface area contributed by atoms with Gasteiger partial charge in [-0.3, -0.25) is 0 Å². The van der Waals surface area contributed by atoms with Crippen LogP contribution in [-0.2, 0) is 0 Å². The van der Waals surface area contributed by atoms with Crippen LogP contribution in [0.25, 0.3) is 0 Å². The second-order valence-corrected chi connectivity index (χ2v) is 3.81. The van der Waals surface area contributed by atoms with Crippen molar-refractivity contribution in [1.29, 1.82) is 0 Å². The molecule has 0 aliphatic carbocycles. The van der Waals surface area contributed by atoms with Crippen molar-refractivity contribution in [3.8, 4) is 12.3 Å². The third-order valence-electron chi connectivity index (χ3n) is 1.75. The van der Waals surface area contributed by atoms with E-state index in [-0.39, 0.29) is 5.56 Å². The van der Waals surface area contributed by atoms with Crippen molar-refractivity contribution < 1.29 is 9.90 Å². The highest BCUT2D eigenvalue weighted by Crippen LogP contribution is 2.20. The number of carbonyl (C=O) groups is 1. The van der Waals surface area contributed by atoms with Gasteiger partial charge >= 0.3 is 5.97 Å². The number of rotatable bonds is 3. The van der Waals surface area contributed by atoms with Crippen molar-refractivity contribution in [3.05, 3.63) is 22.3 Å². The molecule has 0 radical (unpaired) electrons. The Balaban J connectivity index is 3.17. The molecule has 0 aromatic carbocycles. The van der Waals surface area contributed by atoms with Crippen LogP contribution in [0.4, 0.5) is 5.82 Å². The van der Waals surface area contributed by atoms with Gasteiger partial charge in [0.2, 0.25) is 0 Å². The van der Waals surface area contributed by atoms with Crippen molar-refractivity contribution in [2.24, 2.45) is 0 Å². The van der Waals surface area contributed by atoms with Crippen LogP contribution in [0.1, 0.15) is 10.4 Å². The van der Waals surface area contributed by atoms with Crippen molar-refractivity contribution in [3.63, 3.8) is 0 Å². The second-order valence-electron chi connectivity index (χ2n) is 2.89. The molecule has 0 bridgehead atoms. The zero-order valence-electron chi connectivity index (χ0n) is 8.07. The number of nitrogens with zero attached hydrogens (tertiary/aromatic N) is 2. The van der Waals surface area contributed by atoms with E-state index in [2.05, 4.69) is 26.8 Å². The monoisotopic (exact) mass is 268 g/mol. The molecule has 1 heterocycles. The maximum atomic E-state index is 10.9. The summed E-state index contributed by atoms with van der Waals surface area (Å²) in [7, 11) is 1.70. The normalized spacial score (nSPS) is 9.40. The molecule has 0 saturated carbocycles. The molecule has 1 aromatic heterocycles. The minimum absolute atomic E-state index is 0.127. The highest BCUT2D eigenvalue weighted by Gasteiger charge is 2.14. The van der Waals surface area contributed by atoms with Gasteiger partial charge in [-0.25, -0.2) is 9.78 Å². The van der Waals surface area contributed by atoms with E-state index >= 15 is 0 Å². The Morgan fingerprint density at radius 1 is 1.80 bits per heavy atom. The lowest BCUT2D eigenvalue weighted by molar-refractivity contribution is 0.0697. The van der Waals surface area contributed by atoms with Crippen LogP contribution >= 0.6 is 15.9 Å². The van der Waals surface area contributed by atoms with Crippen molar-refractivity contribution in [1.82, 2.24) is 4.98 Å². The van der Waals surface area contributed by atoms with E-state index in [1.807, 2.05) is 0 Å². The lowest BCUT2D eigenvalue weighted by Crippen LogP contribution is -2.21. The summed E-state index contributed by atoms with van der Waals surface area (Å²) in [5.74, 6) is 1.77. The number of aromatic nitrogens is 1. The molecular weight excluding hydrogens is 260 g/mol. The van der Waals surface area contributed by atoms with Crippen LogP contribution < -0.4 is 4.90 Å². The summed E-state index contributed by atoms with van der Waals surface area (Å²) in [6.07, 6.45) is 6.68. The Hall–Kier alpha value is -1.54. The minimum Gasteiger partial charge on any atom is -0.478 e. The van der Waals surface area contributed by atoms with Crippen LogP contribution in [0.2, 0.25) is 0 Å². The molecule has 0 aliphatic rings. The molecule has 0 amide bonds. The summed E-state index contributed by atoms with van der Waals surface area (Å²) >= 11 is 3.17. The summed E-state index contributed by atoms with van der Waals surface area (Å²) in [4.78, 5) is 16.6. The molecule has 15 heavy (non-hydrogen) atoms. The Morgan fingerprint density at radius 3 is 3.00 bits per heavy atom. The van der Waals surface area contributed by atoms with Crippen LogP contribution in [0.15, 0.2) is 16.7 Å². The summed E-state index contributed by atoms with van der Waals surface area (Å²) in [5.41, 5.74) is 0.127. The third-order valence-corrected chi connectivity index (χ3v) is 2.19. The SMILES string of the molecule is C#CCN(C)c1ncc(Br)cc1C(=O)O. The van der Waals surface area contributed by atoms with E-state index in [1.165, 1.54) is 12.3 Å². The largest absolute Gasteiger partial charge is 0.478 e. The van der Waals surface area contributed by atoms with Gasteiger partial charge in [0.25, 0.3) is 0 Å². The molecule has 0 saturated heterocycles. The maximum absolute atomic E-state index is 10.9. The van der Waals surface area contributed by atoms with Gasteiger partial charge in [-0.2, -0.15) is 0 Å². The first-order valence-corrected chi connectivity index (χ1v) is 4.89. The summed E-state index contributed by atoms with van der Waals surface area (Å²) in [6, 6.07) is 1.50. The minimum atomic E-state index is -1.03. The number of halogens is 1. The number of hydrogen-bond donors (Lipinski definition) is 1. The van der Waals surface area contributed by atoms with Crippen LogP contribution in [0, 0.1) is 12.3 Å². The molecule has 1 rings (SSSR count). The predicted octanol–water partition coefficient (Wildman–Crippen LogP) is 1.61. The van der Waals surface area contributed by atoms with Gasteiger partial charge in [-0.15, -0.1) is 6.42 Å². The Bertz CT molecular complexity index is 426. The van der Waals surface area contributed by atoms with Gasteiger partial charge in [0.05, 0.1) is 6.54 Å². The Labute approximate surface area is 96.1 Å². The van der Waals surface area contributed by atoms with Crippen LogP contribution in [0.3, 0.4) is 0 Å². The molecule has 0 aliphatic heterocycles. The number of pyridine rings is 1. The van der Waals surface area contributed by atoms with E-state index in [0.29, 0.717) is 16.8 Å². The van der Waals surface area contributed by atoms with E-state index in [0.717, 1.165) is 0 Å². The lowest BCUT2D eigenvalue weighted by Gasteiger charge is -2.16. The predicted molar refractivity (Wildman–Crippen MR) is 61.0 cm³/mol. The number of carboxylic acid groups (broad SMARTS) is 1. The van der Waals surface area contributed by atoms with Crippen LogP contribution in [0.5, 0.6) is 0 Å². The zero-order valence-corrected chi connectivity index (χ0v) is 9.65. The molecule has 1 N–H and O–H groups in total. The number of terminal acetylenes is 1. The highest BCUT2D eigenvalue weighted by atomic mass is 79.9. The Kier molecular flexibility index (Phi) is 3.69. The molecule has 5 heteroatoms. The molecule has 78 valence electrons. The first-order valence-electron chi connectivity index (χ1n) is 4.09. The quantitative estimate of drug-likeness (QED) is 0.847. The van der Waals surface area contributed by atoms with Crippen molar-refractivity contribution >= 4 is 27.7 Å². The molecule has 0 spiro atoms. The fourth-order valence-electron chi connectivity index (χ4n) is 1.11. The summed E-state index contributed by atoms with van der Waals surface area (Å²) in [6.45, 7) is 0.314. The van der Waals surface area contributed by atoms with E-state index in [1.54, 1.807) is 11.9 Å². The van der Waals surface area contributed by atoms with E-state index < -0.39 is 5.97 Å². The van der Waals surface area contributed by atoms with Gasteiger partial charge in [-0.1, -0.05) is 5.92 Å². The fourth-order valence-corrected chi connectivity index (χ4v) is 1.44. The standard InChI is InChI=1S/C10H9BrN2O2/c1-3-4-13(2)9-8(10(14)15)5-7(11)6-12-9/h1,5-6H,4H2,2H3,(H,14,15). The van der Waals surface area contributed by atoms with Crippen molar-refractivity contribution in [2.45, 2.75) is 0 Å². The number of aromatic carboxylic acids is 1. The first-order chi connectivity index (χ1) is 7.06. The molecule has 0 fully saturated rings. The topological polar surface area (TPSA) is 53.4 Å². The van der Waals surface area contributed by atoms with E-state index in [9.17, 15) is 4.79 Å². The lowest BCUT2D eigenvalue weighted by atomic mass is 10.2. The number of carboxylic acids is 1. The molecule has 1 aromatic rings. The van der Waals surface area contributed by atoms with Crippen molar-refractivity contribution in [2.75, 3.05) is 18.5 Å². The maximum Gasteiger partial charge on any atom is 0.339 e. The first kappa shape index (κ1) is 11.5. The van der Waals surface area contributed by atoms with Gasteiger partial charge in [0, 0.05) is 17.7 Å². The smallest absolute Gasteiger partial charge is 0.339 e. The molecule has 0 unspecified atom stereocenters. The molecule has 4 nitrogen and oxygen atoms in total. The fraction of sp³-hybridized carbons (Fsp3) is 0.200. The van der Waals surface area contributed by atoms with Crippen LogP contribution in [-0.4, -0.2) is 29.7 Å². The van der Waals surface area contributed by atoms with Gasteiger partial charge in [-0.05, 0) is 22.0 Å². The number of anilines is 1. The summed E-state index contributed by atoms with van der Waals surface area (Å²) in [5, 5.41) is 8.97. The van der Waals surface area contributed by atoms with Gasteiger partial charge in [0.15, 0.2) is 0 Å². The average Bonchev–Trinajstić information content (AvgIpc) is 2.17. The van der Waals surface area contributed by atoms with Gasteiger partial charge < -0.3 is 10.0 Å². The third kappa shape index (κ3) is 2.70. The highest BCUT2D eigenvalue weighted by molar-refractivity contribution is 9.10. The Morgan fingerprint density at radius 2 is 2.47 bits per heavy atom. The van der Waals surface area contributed by atoms with Gasteiger partial charge in [0.1, 0.15) is 11.4 Å².